The molecule has 0 radical (unpaired) electrons. The van der Waals surface area contributed by atoms with Crippen LogP contribution >= 0.6 is 11.8 Å². The molecule has 0 bridgehead atoms. The van der Waals surface area contributed by atoms with Crippen molar-refractivity contribution >= 4 is 32.8 Å². The Balaban J connectivity index is 1.70. The molecule has 1 saturated heterocycles. The van der Waals surface area contributed by atoms with E-state index in [0.29, 0.717) is 23.5 Å². The molecule has 0 spiro atoms. The highest BCUT2D eigenvalue weighted by atomic mass is 32.2. The summed E-state index contributed by atoms with van der Waals surface area (Å²) >= 11 is 1.69. The number of sulfonamides is 1. The van der Waals surface area contributed by atoms with Gasteiger partial charge in [-0.3, -0.25) is 0 Å². The first-order valence-corrected chi connectivity index (χ1v) is 14.1. The number of aromatic nitrogens is 2. The van der Waals surface area contributed by atoms with Crippen LogP contribution in [0, 0.1) is 13.8 Å². The second-order valence-electron chi connectivity index (χ2n) is 8.60. The zero-order valence-electron chi connectivity index (χ0n) is 19.9. The molecule has 3 aromatic rings. The van der Waals surface area contributed by atoms with E-state index in [4.69, 9.17) is 9.72 Å². The maximum absolute atomic E-state index is 13.1. The summed E-state index contributed by atoms with van der Waals surface area (Å²) in [5, 5.41) is 0.901. The summed E-state index contributed by atoms with van der Waals surface area (Å²) < 4.78 is 35.7. The second kappa shape index (κ2) is 10.2. The molecular weight excluding hydrogens is 454 g/mol. The molecule has 2 heterocycles. The van der Waals surface area contributed by atoms with Crippen molar-refractivity contribution in [1.29, 1.82) is 0 Å². The van der Waals surface area contributed by atoms with E-state index in [1.807, 2.05) is 19.9 Å². The third-order valence-electron chi connectivity index (χ3n) is 6.29. The summed E-state index contributed by atoms with van der Waals surface area (Å²) in [5.74, 6) is 0.811. The highest BCUT2D eigenvalue weighted by molar-refractivity contribution is 7.98. The van der Waals surface area contributed by atoms with Crippen molar-refractivity contribution in [3.63, 3.8) is 0 Å². The molecule has 1 aliphatic rings. The average molecular weight is 488 g/mol. The summed E-state index contributed by atoms with van der Waals surface area (Å²) in [6, 6.07) is 11.9. The Morgan fingerprint density at radius 1 is 1.15 bits per heavy atom. The number of aryl methyl sites for hydroxylation is 2. The Morgan fingerprint density at radius 2 is 1.94 bits per heavy atom. The monoisotopic (exact) mass is 487 g/mol. The molecule has 6 nitrogen and oxygen atoms in total. The molecular formula is C25H33N3O3S2. The van der Waals surface area contributed by atoms with Gasteiger partial charge >= 0.3 is 0 Å². The first kappa shape index (κ1) is 24.3. The molecule has 2 aromatic carbocycles. The summed E-state index contributed by atoms with van der Waals surface area (Å²) in [5.41, 5.74) is 5.48. The van der Waals surface area contributed by atoms with Crippen molar-refractivity contribution in [1.82, 2.24) is 13.9 Å². The normalized spacial score (nSPS) is 16.8. The lowest BCUT2D eigenvalue weighted by atomic mass is 10.1. The molecule has 1 aliphatic heterocycles. The van der Waals surface area contributed by atoms with Crippen LogP contribution in [0.25, 0.3) is 11.0 Å². The number of hydrogen-bond acceptors (Lipinski definition) is 5. The van der Waals surface area contributed by atoms with E-state index in [9.17, 15) is 8.42 Å². The minimum atomic E-state index is -3.53. The van der Waals surface area contributed by atoms with E-state index in [1.165, 1.54) is 21.0 Å². The Morgan fingerprint density at radius 3 is 2.61 bits per heavy atom. The smallest absolute Gasteiger partial charge is 0.243 e. The lowest BCUT2D eigenvalue weighted by molar-refractivity contribution is 0.0960. The molecule has 0 saturated carbocycles. The fourth-order valence-corrected chi connectivity index (χ4v) is 6.97. The van der Waals surface area contributed by atoms with Crippen molar-refractivity contribution < 1.29 is 13.2 Å². The summed E-state index contributed by atoms with van der Waals surface area (Å²) in [4.78, 5) is 5.19. The van der Waals surface area contributed by atoms with Gasteiger partial charge < -0.3 is 9.30 Å². The van der Waals surface area contributed by atoms with Crippen LogP contribution in [0.1, 0.15) is 43.4 Å². The summed E-state index contributed by atoms with van der Waals surface area (Å²) in [6.45, 7) is 10.4. The van der Waals surface area contributed by atoms with E-state index in [1.54, 1.807) is 23.9 Å². The number of ether oxygens (including phenoxy) is 1. The van der Waals surface area contributed by atoms with Crippen molar-refractivity contribution in [2.45, 2.75) is 69.0 Å². The van der Waals surface area contributed by atoms with Crippen LogP contribution in [0.5, 0.6) is 0 Å². The SMILES string of the molecule is CCN(CC)S(=O)(=O)c1ccc2c(c1)nc(SCc1ccc(C)cc1C)n2CC1CCCO1. The average Bonchev–Trinajstić information content (AvgIpc) is 3.42. The first-order chi connectivity index (χ1) is 15.8. The van der Waals surface area contributed by atoms with Gasteiger partial charge in [0.25, 0.3) is 0 Å². The number of rotatable bonds is 9. The van der Waals surface area contributed by atoms with Crippen LogP contribution in [0.2, 0.25) is 0 Å². The van der Waals surface area contributed by atoms with Crippen LogP contribution in [0.15, 0.2) is 46.5 Å². The van der Waals surface area contributed by atoms with Crippen LogP contribution in [-0.2, 0) is 27.1 Å². The largest absolute Gasteiger partial charge is 0.376 e. The lowest BCUT2D eigenvalue weighted by Crippen LogP contribution is -2.30. The summed E-state index contributed by atoms with van der Waals surface area (Å²) in [7, 11) is -3.53. The van der Waals surface area contributed by atoms with Crippen molar-refractivity contribution in [3.8, 4) is 0 Å². The number of fused-ring (bicyclic) bond motifs is 1. The summed E-state index contributed by atoms with van der Waals surface area (Å²) in [6.07, 6.45) is 2.28. The number of hydrogen-bond donors (Lipinski definition) is 0. The predicted octanol–water partition coefficient (Wildman–Crippen LogP) is 5.15. The van der Waals surface area contributed by atoms with E-state index in [-0.39, 0.29) is 6.10 Å². The van der Waals surface area contributed by atoms with E-state index in [0.717, 1.165) is 42.4 Å². The van der Waals surface area contributed by atoms with Gasteiger partial charge in [0.15, 0.2) is 5.16 Å². The molecule has 1 fully saturated rings. The quantitative estimate of drug-likeness (QED) is 0.390. The molecule has 33 heavy (non-hydrogen) atoms. The molecule has 0 amide bonds. The van der Waals surface area contributed by atoms with Gasteiger partial charge in [-0.25, -0.2) is 13.4 Å². The maximum atomic E-state index is 13.1. The molecule has 0 aliphatic carbocycles. The van der Waals surface area contributed by atoms with Crippen LogP contribution in [0.3, 0.4) is 0 Å². The van der Waals surface area contributed by atoms with Gasteiger partial charge in [0.2, 0.25) is 10.0 Å². The number of nitrogens with zero attached hydrogens (tertiary/aromatic N) is 3. The molecule has 178 valence electrons. The first-order valence-electron chi connectivity index (χ1n) is 11.6. The number of imidazole rings is 1. The van der Waals surface area contributed by atoms with Gasteiger partial charge in [-0.15, -0.1) is 0 Å². The van der Waals surface area contributed by atoms with Gasteiger partial charge in [-0.05, 0) is 56.0 Å². The van der Waals surface area contributed by atoms with Gasteiger partial charge in [-0.2, -0.15) is 4.31 Å². The number of benzene rings is 2. The zero-order chi connectivity index (χ0) is 23.6. The highest BCUT2D eigenvalue weighted by Crippen LogP contribution is 2.31. The minimum absolute atomic E-state index is 0.168. The van der Waals surface area contributed by atoms with Gasteiger partial charge in [0, 0.05) is 25.4 Å². The second-order valence-corrected chi connectivity index (χ2v) is 11.5. The Bertz CT molecular complexity index is 1230. The fraction of sp³-hybridized carbons (Fsp3) is 0.480. The van der Waals surface area contributed by atoms with Gasteiger partial charge in [0.05, 0.1) is 28.6 Å². The topological polar surface area (TPSA) is 64.4 Å². The van der Waals surface area contributed by atoms with Crippen LogP contribution in [-0.4, -0.2) is 48.1 Å². The zero-order valence-corrected chi connectivity index (χ0v) is 21.5. The van der Waals surface area contributed by atoms with E-state index in [2.05, 4.69) is 36.6 Å². The molecule has 1 atom stereocenters. The van der Waals surface area contributed by atoms with Crippen molar-refractivity contribution in [2.24, 2.45) is 0 Å². The standard InChI is InChI=1S/C25H33N3O3S2/c1-5-27(6-2)33(29,30)22-11-12-24-23(15-22)26-25(28(24)16-21-8-7-13-31-21)32-17-20-10-9-18(3)14-19(20)4/h9-12,14-15,21H,5-8,13,16-17H2,1-4H3. The third kappa shape index (κ3) is 5.14. The molecule has 8 heteroatoms. The van der Waals surface area contributed by atoms with E-state index < -0.39 is 10.0 Å². The number of thioether (sulfide) groups is 1. The van der Waals surface area contributed by atoms with Gasteiger partial charge in [-0.1, -0.05) is 49.4 Å². The van der Waals surface area contributed by atoms with Crippen LogP contribution in [0.4, 0.5) is 0 Å². The maximum Gasteiger partial charge on any atom is 0.243 e. The van der Waals surface area contributed by atoms with E-state index >= 15 is 0 Å². The molecule has 4 rings (SSSR count). The Kier molecular flexibility index (Phi) is 7.48. The van der Waals surface area contributed by atoms with Crippen LogP contribution < -0.4 is 0 Å². The molecule has 1 aromatic heterocycles. The molecule has 1 unspecified atom stereocenters. The highest BCUT2D eigenvalue weighted by Gasteiger charge is 2.24. The lowest BCUT2D eigenvalue weighted by Gasteiger charge is -2.18. The fourth-order valence-electron chi connectivity index (χ4n) is 4.39. The van der Waals surface area contributed by atoms with Gasteiger partial charge in [0.1, 0.15) is 0 Å². The minimum Gasteiger partial charge on any atom is -0.376 e. The molecule has 0 N–H and O–H groups in total. The van der Waals surface area contributed by atoms with Crippen molar-refractivity contribution in [2.75, 3.05) is 19.7 Å². The van der Waals surface area contributed by atoms with Crippen molar-refractivity contribution in [3.05, 3.63) is 53.1 Å². The Hall–Kier alpha value is -1.87. The Labute approximate surface area is 201 Å². The third-order valence-corrected chi connectivity index (χ3v) is 9.36. The predicted molar refractivity (Wildman–Crippen MR) is 134 cm³/mol.